The predicted octanol–water partition coefficient (Wildman–Crippen LogP) is 1.30. The fraction of sp³-hybridized carbons (Fsp3) is 0.182. The van der Waals surface area contributed by atoms with Gasteiger partial charge in [0.05, 0.1) is 17.9 Å². The second-order valence-electron chi connectivity index (χ2n) is 3.35. The number of aromatic nitrogens is 3. The molecule has 0 bridgehead atoms. The smallest absolute Gasteiger partial charge is 0.163 e. The van der Waals surface area contributed by atoms with Crippen LogP contribution in [0.2, 0.25) is 0 Å². The highest BCUT2D eigenvalue weighted by Crippen LogP contribution is 2.11. The number of rotatable bonds is 3. The third-order valence-electron chi connectivity index (χ3n) is 2.14. The van der Waals surface area contributed by atoms with Crippen LogP contribution in [-0.2, 0) is 13.6 Å². The lowest BCUT2D eigenvalue weighted by Gasteiger charge is -2.04. The Balaban J connectivity index is 2.08. The van der Waals surface area contributed by atoms with Crippen LogP contribution in [0.25, 0.3) is 0 Å². The monoisotopic (exact) mass is 213 g/mol. The lowest BCUT2D eigenvalue weighted by atomic mass is 10.3. The lowest BCUT2D eigenvalue weighted by Crippen LogP contribution is -2.03. The SMILES string of the molecule is Cn1ccc(CNc2cccnc2C#N)n1. The van der Waals surface area contributed by atoms with E-state index in [4.69, 9.17) is 5.26 Å². The maximum atomic E-state index is 8.85. The number of hydrogen-bond acceptors (Lipinski definition) is 4. The first kappa shape index (κ1) is 10.2. The molecule has 0 atom stereocenters. The van der Waals surface area contributed by atoms with Crippen molar-refractivity contribution in [1.82, 2.24) is 14.8 Å². The van der Waals surface area contributed by atoms with Gasteiger partial charge in [-0.3, -0.25) is 4.68 Å². The largest absolute Gasteiger partial charge is 0.377 e. The molecule has 2 aromatic heterocycles. The van der Waals surface area contributed by atoms with Gasteiger partial charge in [-0.2, -0.15) is 10.4 Å². The number of aryl methyl sites for hydroxylation is 1. The molecule has 5 nitrogen and oxygen atoms in total. The third-order valence-corrected chi connectivity index (χ3v) is 2.14. The Hall–Kier alpha value is -2.35. The van der Waals surface area contributed by atoms with Crippen LogP contribution in [0.3, 0.4) is 0 Å². The Bertz CT molecular complexity index is 523. The van der Waals surface area contributed by atoms with Gasteiger partial charge in [-0.1, -0.05) is 0 Å². The summed E-state index contributed by atoms with van der Waals surface area (Å²) in [5.74, 6) is 0. The molecule has 0 aliphatic heterocycles. The maximum Gasteiger partial charge on any atom is 0.163 e. The molecule has 0 saturated carbocycles. The number of nitrogens with one attached hydrogen (secondary N) is 1. The van der Waals surface area contributed by atoms with Crippen molar-refractivity contribution in [2.24, 2.45) is 7.05 Å². The summed E-state index contributed by atoms with van der Waals surface area (Å²) in [5, 5.41) is 16.2. The van der Waals surface area contributed by atoms with E-state index in [2.05, 4.69) is 15.4 Å². The summed E-state index contributed by atoms with van der Waals surface area (Å²) in [7, 11) is 1.87. The van der Waals surface area contributed by atoms with Gasteiger partial charge in [-0.25, -0.2) is 4.98 Å². The summed E-state index contributed by atoms with van der Waals surface area (Å²) in [6, 6.07) is 7.58. The van der Waals surface area contributed by atoms with Crippen LogP contribution in [0.5, 0.6) is 0 Å². The van der Waals surface area contributed by atoms with Crippen molar-refractivity contribution < 1.29 is 0 Å². The minimum absolute atomic E-state index is 0.401. The van der Waals surface area contributed by atoms with E-state index in [0.717, 1.165) is 11.4 Å². The Morgan fingerprint density at radius 2 is 2.38 bits per heavy atom. The zero-order chi connectivity index (χ0) is 11.4. The van der Waals surface area contributed by atoms with Crippen LogP contribution in [0.15, 0.2) is 30.6 Å². The molecule has 5 heteroatoms. The van der Waals surface area contributed by atoms with Crippen molar-refractivity contribution in [2.75, 3.05) is 5.32 Å². The fourth-order valence-corrected chi connectivity index (χ4v) is 1.38. The van der Waals surface area contributed by atoms with E-state index >= 15 is 0 Å². The summed E-state index contributed by atoms with van der Waals surface area (Å²) in [4.78, 5) is 3.97. The van der Waals surface area contributed by atoms with Gasteiger partial charge in [0, 0.05) is 19.4 Å². The quantitative estimate of drug-likeness (QED) is 0.834. The molecule has 0 aliphatic rings. The van der Waals surface area contributed by atoms with Crippen molar-refractivity contribution in [1.29, 1.82) is 5.26 Å². The van der Waals surface area contributed by atoms with Crippen molar-refractivity contribution in [3.05, 3.63) is 42.0 Å². The second kappa shape index (κ2) is 4.45. The average molecular weight is 213 g/mol. The van der Waals surface area contributed by atoms with E-state index in [9.17, 15) is 0 Å². The molecular weight excluding hydrogens is 202 g/mol. The average Bonchev–Trinajstić information content (AvgIpc) is 2.73. The van der Waals surface area contributed by atoms with Crippen LogP contribution in [0.1, 0.15) is 11.4 Å². The van der Waals surface area contributed by atoms with Gasteiger partial charge in [-0.05, 0) is 18.2 Å². The number of anilines is 1. The van der Waals surface area contributed by atoms with Crippen LogP contribution >= 0.6 is 0 Å². The van der Waals surface area contributed by atoms with E-state index in [0.29, 0.717) is 12.2 Å². The molecule has 0 aromatic carbocycles. The van der Waals surface area contributed by atoms with Gasteiger partial charge >= 0.3 is 0 Å². The standard InChI is InChI=1S/C11H11N5/c1-16-6-4-9(15-16)8-14-10-3-2-5-13-11(10)7-12/h2-6,14H,8H2,1H3. The van der Waals surface area contributed by atoms with E-state index < -0.39 is 0 Å². The third kappa shape index (κ3) is 2.17. The molecule has 16 heavy (non-hydrogen) atoms. The Morgan fingerprint density at radius 1 is 1.50 bits per heavy atom. The molecule has 0 spiro atoms. The van der Waals surface area contributed by atoms with Crippen LogP contribution in [0, 0.1) is 11.3 Å². The molecular formula is C11H11N5. The molecule has 1 N–H and O–H groups in total. The van der Waals surface area contributed by atoms with Crippen LogP contribution < -0.4 is 5.32 Å². The minimum Gasteiger partial charge on any atom is -0.377 e. The number of pyridine rings is 1. The summed E-state index contributed by atoms with van der Waals surface area (Å²) < 4.78 is 1.74. The summed E-state index contributed by atoms with van der Waals surface area (Å²) in [5.41, 5.74) is 2.06. The van der Waals surface area contributed by atoms with E-state index in [-0.39, 0.29) is 0 Å². The summed E-state index contributed by atoms with van der Waals surface area (Å²) in [6.07, 6.45) is 3.48. The molecule has 0 aliphatic carbocycles. The normalized spacial score (nSPS) is 9.75. The second-order valence-corrected chi connectivity index (χ2v) is 3.35. The van der Waals surface area contributed by atoms with Gasteiger partial charge in [0.1, 0.15) is 6.07 Å². The molecule has 80 valence electrons. The van der Waals surface area contributed by atoms with E-state index in [1.165, 1.54) is 0 Å². The van der Waals surface area contributed by atoms with E-state index in [1.54, 1.807) is 16.9 Å². The number of nitriles is 1. The van der Waals surface area contributed by atoms with Crippen molar-refractivity contribution in [3.63, 3.8) is 0 Å². The summed E-state index contributed by atoms with van der Waals surface area (Å²) in [6.45, 7) is 0.585. The van der Waals surface area contributed by atoms with Crippen molar-refractivity contribution >= 4 is 5.69 Å². The lowest BCUT2D eigenvalue weighted by molar-refractivity contribution is 0.747. The van der Waals surface area contributed by atoms with Gasteiger partial charge in [0.25, 0.3) is 0 Å². The van der Waals surface area contributed by atoms with Gasteiger partial charge in [-0.15, -0.1) is 0 Å². The first-order valence-corrected chi connectivity index (χ1v) is 4.87. The zero-order valence-corrected chi connectivity index (χ0v) is 8.88. The highest BCUT2D eigenvalue weighted by Gasteiger charge is 2.02. The van der Waals surface area contributed by atoms with Gasteiger partial charge < -0.3 is 5.32 Å². The molecule has 0 amide bonds. The highest BCUT2D eigenvalue weighted by molar-refractivity contribution is 5.53. The molecule has 0 unspecified atom stereocenters. The Morgan fingerprint density at radius 3 is 3.06 bits per heavy atom. The fourth-order valence-electron chi connectivity index (χ4n) is 1.38. The first-order chi connectivity index (χ1) is 7.79. The molecule has 0 fully saturated rings. The number of nitrogens with zero attached hydrogens (tertiary/aromatic N) is 4. The molecule has 2 aromatic rings. The number of hydrogen-bond donors (Lipinski definition) is 1. The van der Waals surface area contributed by atoms with Gasteiger partial charge in [0.2, 0.25) is 0 Å². The topological polar surface area (TPSA) is 66.5 Å². The van der Waals surface area contributed by atoms with Crippen molar-refractivity contribution in [3.8, 4) is 6.07 Å². The highest BCUT2D eigenvalue weighted by atomic mass is 15.3. The first-order valence-electron chi connectivity index (χ1n) is 4.87. The molecule has 0 saturated heterocycles. The molecule has 2 heterocycles. The minimum atomic E-state index is 0.401. The zero-order valence-electron chi connectivity index (χ0n) is 8.88. The van der Waals surface area contributed by atoms with Crippen LogP contribution in [0.4, 0.5) is 5.69 Å². The predicted molar refractivity (Wildman–Crippen MR) is 59.5 cm³/mol. The van der Waals surface area contributed by atoms with Crippen LogP contribution in [-0.4, -0.2) is 14.8 Å². The van der Waals surface area contributed by atoms with Gasteiger partial charge in [0.15, 0.2) is 5.69 Å². The molecule has 2 rings (SSSR count). The molecule has 0 radical (unpaired) electrons. The Kier molecular flexibility index (Phi) is 2.83. The summed E-state index contributed by atoms with van der Waals surface area (Å²) >= 11 is 0. The van der Waals surface area contributed by atoms with Crippen molar-refractivity contribution in [2.45, 2.75) is 6.54 Å². The Labute approximate surface area is 93.4 Å². The maximum absolute atomic E-state index is 8.85. The van der Waals surface area contributed by atoms with E-state index in [1.807, 2.05) is 31.4 Å².